The van der Waals surface area contributed by atoms with Crippen LogP contribution < -0.4 is 0 Å². The fourth-order valence-corrected chi connectivity index (χ4v) is 3.32. The number of hydrogen-bond donors (Lipinski definition) is 0. The molecule has 2 heterocycles. The zero-order valence-electron chi connectivity index (χ0n) is 15.1. The number of hydrogen-bond acceptors (Lipinski definition) is 3. The topological polar surface area (TPSA) is 43.6 Å². The Kier molecular flexibility index (Phi) is 6.03. The second kappa shape index (κ2) is 8.05. The van der Waals surface area contributed by atoms with Gasteiger partial charge in [0, 0.05) is 6.20 Å². The Labute approximate surface area is 179 Å². The summed E-state index contributed by atoms with van der Waals surface area (Å²) in [5.74, 6) is -0.842. The quantitative estimate of drug-likeness (QED) is 0.398. The van der Waals surface area contributed by atoms with Crippen LogP contribution in [0.3, 0.4) is 0 Å². The van der Waals surface area contributed by atoms with E-state index in [4.69, 9.17) is 39.5 Å². The lowest BCUT2D eigenvalue weighted by Crippen LogP contribution is -2.10. The van der Waals surface area contributed by atoms with Gasteiger partial charge in [0.25, 0.3) is 0 Å². The lowest BCUT2D eigenvalue weighted by atomic mass is 10.1. The molecule has 3 aromatic rings. The van der Waals surface area contributed by atoms with E-state index in [9.17, 15) is 18.0 Å². The Balaban J connectivity index is 2.00. The number of ether oxygens (including phenoxy) is 1. The number of imidazole rings is 1. The van der Waals surface area contributed by atoms with Crippen molar-refractivity contribution in [3.63, 3.8) is 0 Å². The molecule has 3 rings (SSSR count). The number of rotatable bonds is 4. The van der Waals surface area contributed by atoms with Crippen LogP contribution >= 0.6 is 34.8 Å². The van der Waals surface area contributed by atoms with Gasteiger partial charge < -0.3 is 4.74 Å². The molecule has 0 aliphatic carbocycles. The molecule has 1 aromatic carbocycles. The van der Waals surface area contributed by atoms with E-state index in [-0.39, 0.29) is 38.8 Å². The van der Waals surface area contributed by atoms with Gasteiger partial charge in [0.05, 0.1) is 37.6 Å². The minimum absolute atomic E-state index is 0.140. The van der Waals surface area contributed by atoms with E-state index in [1.165, 1.54) is 22.6 Å². The van der Waals surface area contributed by atoms with Crippen molar-refractivity contribution in [3.8, 4) is 0 Å². The first kappa shape index (κ1) is 21.7. The second-order valence-electron chi connectivity index (χ2n) is 6.57. The lowest BCUT2D eigenvalue weighted by Gasteiger charge is -2.11. The number of nitrogens with zero attached hydrogens (tertiary/aromatic N) is 2. The standard InChI is InChI=1S/C19H14Cl3F3N2O2/c1-9(2)16-15(8-29-18(28)10-3-4-12(20)13(21)5-10)27-7-11(19(23,24)25)6-14(22)17(27)26-16/h3-7,9H,8H2,1-2H3. The summed E-state index contributed by atoms with van der Waals surface area (Å²) in [5.41, 5.74) is 0.168. The number of carbonyl (C=O) groups excluding carboxylic acids is 1. The van der Waals surface area contributed by atoms with Gasteiger partial charge in [-0.15, -0.1) is 0 Å². The third-order valence-corrected chi connectivity index (χ3v) is 5.19. The normalized spacial score (nSPS) is 12.0. The average molecular weight is 466 g/mol. The molecular weight excluding hydrogens is 452 g/mol. The number of esters is 1. The molecule has 0 bridgehead atoms. The van der Waals surface area contributed by atoms with E-state index in [2.05, 4.69) is 4.98 Å². The van der Waals surface area contributed by atoms with Crippen molar-refractivity contribution in [1.82, 2.24) is 9.38 Å². The Morgan fingerprint density at radius 3 is 2.41 bits per heavy atom. The molecule has 0 unspecified atom stereocenters. The Morgan fingerprint density at radius 2 is 1.83 bits per heavy atom. The van der Waals surface area contributed by atoms with Crippen molar-refractivity contribution >= 4 is 46.4 Å². The average Bonchev–Trinajstić information content (AvgIpc) is 3.00. The highest BCUT2D eigenvalue weighted by atomic mass is 35.5. The first-order chi connectivity index (χ1) is 13.5. The lowest BCUT2D eigenvalue weighted by molar-refractivity contribution is -0.137. The summed E-state index contributed by atoms with van der Waals surface area (Å²) in [7, 11) is 0. The number of pyridine rings is 1. The molecule has 0 radical (unpaired) electrons. The van der Waals surface area contributed by atoms with Crippen LogP contribution in [-0.4, -0.2) is 15.4 Å². The minimum Gasteiger partial charge on any atom is -0.456 e. The van der Waals surface area contributed by atoms with Crippen LogP contribution in [0.4, 0.5) is 13.2 Å². The molecule has 4 nitrogen and oxygen atoms in total. The van der Waals surface area contributed by atoms with Crippen LogP contribution in [0.1, 0.15) is 47.1 Å². The molecule has 2 aromatic heterocycles. The monoisotopic (exact) mass is 464 g/mol. The van der Waals surface area contributed by atoms with Gasteiger partial charge in [0.15, 0.2) is 5.65 Å². The Bertz CT molecular complexity index is 1090. The first-order valence-corrected chi connectivity index (χ1v) is 9.52. The summed E-state index contributed by atoms with van der Waals surface area (Å²) in [5, 5.41) is 0.311. The van der Waals surface area contributed by atoms with Crippen molar-refractivity contribution in [1.29, 1.82) is 0 Å². The molecule has 0 spiro atoms. The van der Waals surface area contributed by atoms with Crippen molar-refractivity contribution in [2.75, 3.05) is 0 Å². The van der Waals surface area contributed by atoms with Crippen LogP contribution in [0.2, 0.25) is 15.1 Å². The molecule has 0 atom stereocenters. The Morgan fingerprint density at radius 1 is 1.14 bits per heavy atom. The third kappa shape index (κ3) is 4.47. The molecule has 29 heavy (non-hydrogen) atoms. The third-order valence-electron chi connectivity index (χ3n) is 4.17. The summed E-state index contributed by atoms with van der Waals surface area (Å²) >= 11 is 17.8. The zero-order chi connectivity index (χ0) is 21.5. The van der Waals surface area contributed by atoms with Gasteiger partial charge in [-0.1, -0.05) is 48.7 Å². The minimum atomic E-state index is -4.59. The molecule has 10 heteroatoms. The maximum Gasteiger partial charge on any atom is 0.417 e. The van der Waals surface area contributed by atoms with Gasteiger partial charge >= 0.3 is 12.1 Å². The summed E-state index contributed by atoms with van der Waals surface area (Å²) in [6.45, 7) is 3.35. The van der Waals surface area contributed by atoms with Crippen LogP contribution in [0, 0.1) is 0 Å². The number of fused-ring (bicyclic) bond motifs is 1. The zero-order valence-corrected chi connectivity index (χ0v) is 17.4. The van der Waals surface area contributed by atoms with E-state index in [0.717, 1.165) is 12.3 Å². The molecule has 0 saturated heterocycles. The molecule has 0 saturated carbocycles. The second-order valence-corrected chi connectivity index (χ2v) is 7.79. The van der Waals surface area contributed by atoms with E-state index < -0.39 is 17.7 Å². The fourth-order valence-electron chi connectivity index (χ4n) is 2.77. The van der Waals surface area contributed by atoms with Gasteiger partial charge in [0.2, 0.25) is 0 Å². The molecule has 0 aliphatic heterocycles. The molecule has 0 aliphatic rings. The summed E-state index contributed by atoms with van der Waals surface area (Å²) < 4.78 is 46.1. The SMILES string of the molecule is CC(C)c1nc2c(Cl)cc(C(F)(F)F)cn2c1COC(=O)c1ccc(Cl)c(Cl)c1. The van der Waals surface area contributed by atoms with Gasteiger partial charge in [0.1, 0.15) is 6.61 Å². The number of carbonyl (C=O) groups is 1. The van der Waals surface area contributed by atoms with E-state index in [1.54, 1.807) is 0 Å². The van der Waals surface area contributed by atoms with Crippen molar-refractivity contribution in [3.05, 3.63) is 68.0 Å². The van der Waals surface area contributed by atoms with Crippen LogP contribution in [0.15, 0.2) is 30.5 Å². The highest BCUT2D eigenvalue weighted by Crippen LogP contribution is 2.34. The maximum absolute atomic E-state index is 13.2. The predicted octanol–water partition coefficient (Wildman–Crippen LogP) is 6.79. The van der Waals surface area contributed by atoms with Gasteiger partial charge in [-0.05, 0) is 30.2 Å². The molecule has 0 amide bonds. The fraction of sp³-hybridized carbons (Fsp3) is 0.263. The highest BCUT2D eigenvalue weighted by Gasteiger charge is 2.32. The van der Waals surface area contributed by atoms with Crippen LogP contribution in [-0.2, 0) is 17.5 Å². The van der Waals surface area contributed by atoms with Crippen LogP contribution in [0.25, 0.3) is 5.65 Å². The van der Waals surface area contributed by atoms with E-state index in [1.807, 2.05) is 13.8 Å². The summed E-state index contributed by atoms with van der Waals surface area (Å²) in [4.78, 5) is 16.7. The predicted molar refractivity (Wildman–Crippen MR) is 105 cm³/mol. The molecule has 0 fully saturated rings. The van der Waals surface area contributed by atoms with Gasteiger partial charge in [-0.25, -0.2) is 9.78 Å². The van der Waals surface area contributed by atoms with Crippen molar-refractivity contribution < 1.29 is 22.7 Å². The van der Waals surface area contributed by atoms with Gasteiger partial charge in [-0.2, -0.15) is 13.2 Å². The summed E-state index contributed by atoms with van der Waals surface area (Å²) in [6.07, 6.45) is -3.70. The number of benzene rings is 1. The van der Waals surface area contributed by atoms with E-state index >= 15 is 0 Å². The first-order valence-electron chi connectivity index (χ1n) is 8.38. The van der Waals surface area contributed by atoms with E-state index in [0.29, 0.717) is 11.4 Å². The van der Waals surface area contributed by atoms with Gasteiger partial charge in [-0.3, -0.25) is 4.40 Å². The Hall–Kier alpha value is -1.96. The largest absolute Gasteiger partial charge is 0.456 e. The van der Waals surface area contributed by atoms with Crippen molar-refractivity contribution in [2.45, 2.75) is 32.5 Å². The smallest absolute Gasteiger partial charge is 0.417 e. The molecule has 0 N–H and O–H groups in total. The summed E-state index contributed by atoms with van der Waals surface area (Å²) in [6, 6.07) is 5.05. The highest BCUT2D eigenvalue weighted by molar-refractivity contribution is 6.42. The maximum atomic E-state index is 13.2. The number of alkyl halides is 3. The van der Waals surface area contributed by atoms with Crippen LogP contribution in [0.5, 0.6) is 0 Å². The number of halogens is 6. The molecule has 154 valence electrons. The number of aromatic nitrogens is 2. The molecular formula is C19H14Cl3F3N2O2. The van der Waals surface area contributed by atoms with Crippen molar-refractivity contribution in [2.24, 2.45) is 0 Å².